The third-order valence-corrected chi connectivity index (χ3v) is 4.44. The van der Waals surface area contributed by atoms with E-state index in [-0.39, 0.29) is 5.60 Å². The molecule has 20 heavy (non-hydrogen) atoms. The molecule has 1 aromatic carbocycles. The Balaban J connectivity index is 1.96. The highest BCUT2D eigenvalue weighted by atomic mass is 16.5. The van der Waals surface area contributed by atoms with Crippen molar-refractivity contribution in [2.75, 3.05) is 7.05 Å². The van der Waals surface area contributed by atoms with Gasteiger partial charge < -0.3 is 10.1 Å². The molecule has 2 unspecified atom stereocenters. The van der Waals surface area contributed by atoms with Gasteiger partial charge in [-0.1, -0.05) is 50.8 Å². The number of para-hydroxylation sites is 1. The highest BCUT2D eigenvalue weighted by molar-refractivity contribution is 5.38. The lowest BCUT2D eigenvalue weighted by molar-refractivity contribution is 0.0384. The molecular formula is C18H29NO. The van der Waals surface area contributed by atoms with Gasteiger partial charge in [0.1, 0.15) is 11.4 Å². The molecule has 1 N–H and O–H groups in total. The third-order valence-electron chi connectivity index (χ3n) is 4.44. The zero-order valence-corrected chi connectivity index (χ0v) is 13.2. The number of benzene rings is 1. The lowest BCUT2D eigenvalue weighted by atomic mass is 9.85. The molecule has 0 saturated heterocycles. The number of hydrogen-bond donors (Lipinski definition) is 1. The van der Waals surface area contributed by atoms with Crippen molar-refractivity contribution < 1.29 is 4.74 Å². The van der Waals surface area contributed by atoms with Crippen LogP contribution >= 0.6 is 0 Å². The van der Waals surface area contributed by atoms with Crippen molar-refractivity contribution in [1.29, 1.82) is 0 Å². The van der Waals surface area contributed by atoms with Crippen molar-refractivity contribution in [2.24, 2.45) is 0 Å². The lowest BCUT2D eigenvalue weighted by Gasteiger charge is -2.40. The zero-order valence-electron chi connectivity index (χ0n) is 13.2. The van der Waals surface area contributed by atoms with E-state index >= 15 is 0 Å². The van der Waals surface area contributed by atoms with E-state index in [1.165, 1.54) is 37.7 Å². The van der Waals surface area contributed by atoms with Crippen molar-refractivity contribution >= 4 is 0 Å². The van der Waals surface area contributed by atoms with Crippen LogP contribution < -0.4 is 10.1 Å². The first-order valence-corrected chi connectivity index (χ1v) is 8.14. The maximum atomic E-state index is 6.32. The zero-order chi connectivity index (χ0) is 14.4. The molecule has 1 heterocycles. The summed E-state index contributed by atoms with van der Waals surface area (Å²) in [6.45, 7) is 4.53. The van der Waals surface area contributed by atoms with Gasteiger partial charge in [-0.25, -0.2) is 0 Å². The van der Waals surface area contributed by atoms with E-state index in [4.69, 9.17) is 4.74 Å². The van der Waals surface area contributed by atoms with Crippen molar-refractivity contribution in [3.63, 3.8) is 0 Å². The number of unbranched alkanes of at least 4 members (excludes halogenated alkanes) is 4. The number of fused-ring (bicyclic) bond motifs is 1. The number of nitrogens with one attached hydrogen (secondary N) is 1. The smallest absolute Gasteiger partial charge is 0.124 e. The minimum absolute atomic E-state index is 0.0196. The minimum Gasteiger partial charge on any atom is -0.487 e. The predicted molar refractivity (Wildman–Crippen MR) is 85.3 cm³/mol. The standard InChI is InChI=1S/C18H29NO/c1-4-5-6-7-10-13-18(2)14-16(19-3)15-11-8-9-12-17(15)20-18/h8-9,11-12,16,19H,4-7,10,13-14H2,1-3H3. The van der Waals surface area contributed by atoms with E-state index in [1.54, 1.807) is 0 Å². The fourth-order valence-electron chi connectivity index (χ4n) is 3.22. The fourth-order valence-corrected chi connectivity index (χ4v) is 3.22. The molecule has 0 fully saturated rings. The Morgan fingerprint density at radius 2 is 1.95 bits per heavy atom. The van der Waals surface area contributed by atoms with Crippen molar-refractivity contribution in [1.82, 2.24) is 5.32 Å². The maximum Gasteiger partial charge on any atom is 0.124 e. The summed E-state index contributed by atoms with van der Waals surface area (Å²) in [5, 5.41) is 3.45. The molecule has 0 saturated carbocycles. The van der Waals surface area contributed by atoms with Gasteiger partial charge in [-0.2, -0.15) is 0 Å². The second-order valence-electron chi connectivity index (χ2n) is 6.30. The van der Waals surface area contributed by atoms with Crippen LogP contribution in [0.25, 0.3) is 0 Å². The Kier molecular flexibility index (Phi) is 5.47. The molecule has 112 valence electrons. The summed E-state index contributed by atoms with van der Waals surface area (Å²) in [6, 6.07) is 8.87. The van der Waals surface area contributed by atoms with Crippen molar-refractivity contribution in [3.05, 3.63) is 29.8 Å². The summed E-state index contributed by atoms with van der Waals surface area (Å²) in [6.07, 6.45) is 8.85. The summed E-state index contributed by atoms with van der Waals surface area (Å²) < 4.78 is 6.32. The summed E-state index contributed by atoms with van der Waals surface area (Å²) in [5.41, 5.74) is 1.28. The summed E-state index contributed by atoms with van der Waals surface area (Å²) in [4.78, 5) is 0. The first-order valence-electron chi connectivity index (χ1n) is 8.14. The van der Waals surface area contributed by atoms with E-state index < -0.39 is 0 Å². The van der Waals surface area contributed by atoms with Gasteiger partial charge in [-0.05, 0) is 32.9 Å². The van der Waals surface area contributed by atoms with Crippen LogP contribution in [-0.2, 0) is 0 Å². The lowest BCUT2D eigenvalue weighted by Crippen LogP contribution is -2.41. The Morgan fingerprint density at radius 1 is 1.20 bits per heavy atom. The molecular weight excluding hydrogens is 246 g/mol. The maximum absolute atomic E-state index is 6.32. The molecule has 0 spiro atoms. The molecule has 2 heteroatoms. The first kappa shape index (κ1) is 15.4. The number of ether oxygens (including phenoxy) is 1. The number of rotatable bonds is 7. The summed E-state index contributed by atoms with van der Waals surface area (Å²) in [7, 11) is 2.05. The molecule has 0 radical (unpaired) electrons. The predicted octanol–water partition coefficient (Wildman–Crippen LogP) is 4.85. The van der Waals surface area contributed by atoms with Crippen LogP contribution in [0.3, 0.4) is 0 Å². The van der Waals surface area contributed by atoms with Crippen LogP contribution in [0.2, 0.25) is 0 Å². The summed E-state index contributed by atoms with van der Waals surface area (Å²) in [5.74, 6) is 1.06. The highest BCUT2D eigenvalue weighted by Crippen LogP contribution is 2.41. The Bertz CT molecular complexity index is 418. The van der Waals surface area contributed by atoms with E-state index in [0.717, 1.165) is 18.6 Å². The molecule has 1 aliphatic rings. The SMILES string of the molecule is CCCCCCCC1(C)CC(NC)c2ccccc2O1. The average molecular weight is 275 g/mol. The van der Waals surface area contributed by atoms with Crippen LogP contribution in [0.5, 0.6) is 5.75 Å². The van der Waals surface area contributed by atoms with Gasteiger partial charge in [-0.3, -0.25) is 0 Å². The van der Waals surface area contributed by atoms with Crippen LogP contribution in [0.4, 0.5) is 0 Å². The molecule has 2 rings (SSSR count). The Labute approximate surface area is 123 Å². The van der Waals surface area contributed by atoms with Gasteiger partial charge in [0.2, 0.25) is 0 Å². The molecule has 2 atom stereocenters. The summed E-state index contributed by atoms with van der Waals surface area (Å²) >= 11 is 0. The van der Waals surface area contributed by atoms with Crippen LogP contribution in [-0.4, -0.2) is 12.6 Å². The molecule has 1 aromatic rings. The molecule has 0 aromatic heterocycles. The van der Waals surface area contributed by atoms with Crippen molar-refractivity contribution in [2.45, 2.75) is 70.4 Å². The monoisotopic (exact) mass is 275 g/mol. The third kappa shape index (κ3) is 3.76. The van der Waals surface area contributed by atoms with E-state index in [1.807, 2.05) is 0 Å². The molecule has 0 bridgehead atoms. The van der Waals surface area contributed by atoms with Crippen LogP contribution in [0.15, 0.2) is 24.3 Å². The molecule has 2 nitrogen and oxygen atoms in total. The topological polar surface area (TPSA) is 21.3 Å². The second-order valence-corrected chi connectivity index (χ2v) is 6.30. The van der Waals surface area contributed by atoms with Gasteiger partial charge >= 0.3 is 0 Å². The Morgan fingerprint density at radius 3 is 2.70 bits per heavy atom. The second kappa shape index (κ2) is 7.12. The highest BCUT2D eigenvalue weighted by Gasteiger charge is 2.35. The van der Waals surface area contributed by atoms with Crippen LogP contribution in [0, 0.1) is 0 Å². The van der Waals surface area contributed by atoms with Gasteiger partial charge in [0.25, 0.3) is 0 Å². The largest absolute Gasteiger partial charge is 0.487 e. The van der Waals surface area contributed by atoms with Gasteiger partial charge in [0, 0.05) is 18.0 Å². The first-order chi connectivity index (χ1) is 9.68. The van der Waals surface area contributed by atoms with E-state index in [2.05, 4.69) is 50.5 Å². The van der Waals surface area contributed by atoms with Gasteiger partial charge in [0.05, 0.1) is 0 Å². The Hall–Kier alpha value is -1.02. The molecule has 0 aliphatic carbocycles. The van der Waals surface area contributed by atoms with E-state index in [9.17, 15) is 0 Å². The van der Waals surface area contributed by atoms with Gasteiger partial charge in [-0.15, -0.1) is 0 Å². The molecule has 1 aliphatic heterocycles. The number of hydrogen-bond acceptors (Lipinski definition) is 2. The quantitative estimate of drug-likeness (QED) is 0.718. The average Bonchev–Trinajstić information content (AvgIpc) is 2.46. The van der Waals surface area contributed by atoms with Crippen molar-refractivity contribution in [3.8, 4) is 5.75 Å². The normalized spacial score (nSPS) is 25.1. The van der Waals surface area contributed by atoms with Gasteiger partial charge in [0.15, 0.2) is 0 Å². The van der Waals surface area contributed by atoms with E-state index in [0.29, 0.717) is 6.04 Å². The minimum atomic E-state index is -0.0196. The fraction of sp³-hybridized carbons (Fsp3) is 0.667. The van der Waals surface area contributed by atoms with Crippen LogP contribution in [0.1, 0.15) is 70.4 Å². The molecule has 0 amide bonds.